The van der Waals surface area contributed by atoms with Gasteiger partial charge in [-0.1, -0.05) is 6.07 Å². The highest BCUT2D eigenvalue weighted by molar-refractivity contribution is 7.12. The maximum atomic E-state index is 12.7. The zero-order chi connectivity index (χ0) is 20.2. The third kappa shape index (κ3) is 4.85. The van der Waals surface area contributed by atoms with Crippen LogP contribution in [-0.4, -0.2) is 99.9 Å². The molecule has 2 amide bonds. The van der Waals surface area contributed by atoms with E-state index in [9.17, 15) is 9.59 Å². The Labute approximate surface area is 175 Å². The van der Waals surface area contributed by atoms with Gasteiger partial charge < -0.3 is 14.4 Å². The molecular formula is C20H28N6O2S. The zero-order valence-electron chi connectivity index (χ0n) is 16.9. The number of piperazine rings is 2. The van der Waals surface area contributed by atoms with Gasteiger partial charge in [0, 0.05) is 71.8 Å². The van der Waals surface area contributed by atoms with E-state index in [2.05, 4.69) is 19.4 Å². The molecule has 2 aliphatic rings. The molecule has 0 N–H and O–H groups in total. The Bertz CT molecular complexity index is 820. The maximum Gasteiger partial charge on any atom is 0.264 e. The summed E-state index contributed by atoms with van der Waals surface area (Å²) in [6, 6.07) is 3.76. The minimum atomic E-state index is 0.0796. The Morgan fingerprint density at radius 2 is 1.69 bits per heavy atom. The summed E-state index contributed by atoms with van der Waals surface area (Å²) in [5.41, 5.74) is 0. The van der Waals surface area contributed by atoms with Gasteiger partial charge in [0.2, 0.25) is 5.91 Å². The number of hydrogen-bond acceptors (Lipinski definition) is 6. The predicted octanol–water partition coefficient (Wildman–Crippen LogP) is 0.584. The van der Waals surface area contributed by atoms with E-state index in [0.29, 0.717) is 32.7 Å². The first-order valence-corrected chi connectivity index (χ1v) is 11.0. The quantitative estimate of drug-likeness (QED) is 0.714. The molecule has 29 heavy (non-hydrogen) atoms. The number of carbonyl (C=O) groups excluding carboxylic acids is 2. The molecule has 0 bridgehead atoms. The molecule has 4 rings (SSSR count). The summed E-state index contributed by atoms with van der Waals surface area (Å²) in [5, 5.41) is 1.92. The molecule has 0 saturated carbocycles. The molecular weight excluding hydrogens is 388 g/mol. The molecule has 2 aromatic heterocycles. The van der Waals surface area contributed by atoms with Gasteiger partial charge >= 0.3 is 0 Å². The molecule has 156 valence electrons. The highest BCUT2D eigenvalue weighted by Gasteiger charge is 2.27. The number of carbonyl (C=O) groups is 2. The molecule has 0 spiro atoms. The number of thiophene rings is 1. The molecule has 8 nitrogen and oxygen atoms in total. The van der Waals surface area contributed by atoms with Crippen LogP contribution < -0.4 is 0 Å². The molecule has 0 unspecified atom stereocenters. The molecule has 0 aromatic carbocycles. The molecule has 0 atom stereocenters. The molecule has 2 aliphatic heterocycles. The fourth-order valence-electron chi connectivity index (χ4n) is 3.86. The molecule has 2 fully saturated rings. The van der Waals surface area contributed by atoms with Crippen LogP contribution in [0.2, 0.25) is 0 Å². The Balaban J connectivity index is 1.19. The van der Waals surface area contributed by atoms with Gasteiger partial charge in [0.05, 0.1) is 18.0 Å². The van der Waals surface area contributed by atoms with Crippen molar-refractivity contribution in [3.63, 3.8) is 0 Å². The topological polar surface area (TPSA) is 64.9 Å². The van der Waals surface area contributed by atoms with E-state index in [1.54, 1.807) is 0 Å². The number of aryl methyl sites for hydroxylation is 1. The van der Waals surface area contributed by atoms with Gasteiger partial charge in [0.15, 0.2) is 0 Å². The van der Waals surface area contributed by atoms with E-state index in [-0.39, 0.29) is 11.8 Å². The van der Waals surface area contributed by atoms with Gasteiger partial charge in [-0.3, -0.25) is 19.4 Å². The molecule has 2 saturated heterocycles. The van der Waals surface area contributed by atoms with Crippen molar-refractivity contribution < 1.29 is 9.59 Å². The van der Waals surface area contributed by atoms with E-state index >= 15 is 0 Å². The Kier molecular flexibility index (Phi) is 6.27. The van der Waals surface area contributed by atoms with Crippen LogP contribution in [0.25, 0.3) is 0 Å². The molecule has 9 heteroatoms. The average Bonchev–Trinajstić information content (AvgIpc) is 3.41. The largest absolute Gasteiger partial charge is 0.338 e. The summed E-state index contributed by atoms with van der Waals surface area (Å²) >= 11 is 1.47. The standard InChI is InChI=1S/C20H28N6O2S/c1-22-5-4-21-18(22)15-23-6-8-24(9-7-23)16-19(27)25-10-12-26(13-11-25)20(28)17-3-2-14-29-17/h2-5,14H,6-13,15-16H2,1H3. The van der Waals surface area contributed by atoms with Gasteiger partial charge in [-0.05, 0) is 11.4 Å². The monoisotopic (exact) mass is 416 g/mol. The van der Waals surface area contributed by atoms with Crippen molar-refractivity contribution in [3.8, 4) is 0 Å². The minimum Gasteiger partial charge on any atom is -0.338 e. The fourth-order valence-corrected chi connectivity index (χ4v) is 4.55. The summed E-state index contributed by atoms with van der Waals surface area (Å²) in [5.74, 6) is 1.33. The first-order chi connectivity index (χ1) is 14.1. The predicted molar refractivity (Wildman–Crippen MR) is 112 cm³/mol. The first kappa shape index (κ1) is 20.1. The summed E-state index contributed by atoms with van der Waals surface area (Å²) in [6.07, 6.45) is 3.80. The number of hydrogen-bond donors (Lipinski definition) is 0. The van der Waals surface area contributed by atoms with E-state index in [0.717, 1.165) is 43.4 Å². The van der Waals surface area contributed by atoms with Crippen molar-refractivity contribution in [1.29, 1.82) is 0 Å². The molecule has 0 radical (unpaired) electrons. The lowest BCUT2D eigenvalue weighted by atomic mass is 10.2. The lowest BCUT2D eigenvalue weighted by Crippen LogP contribution is -2.54. The van der Waals surface area contributed by atoms with Gasteiger partial charge in [-0.15, -0.1) is 11.3 Å². The second kappa shape index (κ2) is 9.06. The van der Waals surface area contributed by atoms with Crippen molar-refractivity contribution in [2.45, 2.75) is 6.54 Å². The van der Waals surface area contributed by atoms with E-state index in [1.165, 1.54) is 11.3 Å². The van der Waals surface area contributed by atoms with Crippen LogP contribution in [-0.2, 0) is 18.4 Å². The summed E-state index contributed by atoms with van der Waals surface area (Å²) < 4.78 is 2.05. The third-order valence-electron chi connectivity index (χ3n) is 5.76. The van der Waals surface area contributed by atoms with Crippen molar-refractivity contribution >= 4 is 23.2 Å². The number of rotatable bonds is 5. The van der Waals surface area contributed by atoms with Crippen LogP contribution in [0.3, 0.4) is 0 Å². The lowest BCUT2D eigenvalue weighted by Gasteiger charge is -2.37. The second-order valence-electron chi connectivity index (χ2n) is 7.66. The van der Waals surface area contributed by atoms with E-state index in [1.807, 2.05) is 46.8 Å². The molecule has 0 aliphatic carbocycles. The normalized spacial score (nSPS) is 18.9. The van der Waals surface area contributed by atoms with E-state index in [4.69, 9.17) is 0 Å². The maximum absolute atomic E-state index is 12.7. The van der Waals surface area contributed by atoms with Crippen LogP contribution in [0.5, 0.6) is 0 Å². The summed E-state index contributed by atoms with van der Waals surface area (Å²) in [4.78, 5) is 38.7. The smallest absolute Gasteiger partial charge is 0.264 e. The van der Waals surface area contributed by atoms with Crippen LogP contribution in [0.4, 0.5) is 0 Å². The molecule has 2 aromatic rings. The number of imidazole rings is 1. The Morgan fingerprint density at radius 1 is 1.00 bits per heavy atom. The van der Waals surface area contributed by atoms with Gasteiger partial charge in [-0.2, -0.15) is 0 Å². The van der Waals surface area contributed by atoms with Crippen molar-refractivity contribution in [1.82, 2.24) is 29.2 Å². The Hall–Kier alpha value is -2.23. The van der Waals surface area contributed by atoms with Crippen LogP contribution in [0.15, 0.2) is 29.9 Å². The first-order valence-electron chi connectivity index (χ1n) is 10.1. The van der Waals surface area contributed by atoms with Crippen LogP contribution in [0, 0.1) is 0 Å². The van der Waals surface area contributed by atoms with Crippen molar-refractivity contribution in [2.75, 3.05) is 58.9 Å². The number of aromatic nitrogens is 2. The third-order valence-corrected chi connectivity index (χ3v) is 6.62. The average molecular weight is 417 g/mol. The van der Waals surface area contributed by atoms with Crippen molar-refractivity contribution in [3.05, 3.63) is 40.6 Å². The van der Waals surface area contributed by atoms with Gasteiger partial charge in [0.25, 0.3) is 5.91 Å². The van der Waals surface area contributed by atoms with Gasteiger partial charge in [-0.25, -0.2) is 4.98 Å². The number of nitrogens with zero attached hydrogens (tertiary/aromatic N) is 6. The van der Waals surface area contributed by atoms with Crippen LogP contribution >= 0.6 is 11.3 Å². The second-order valence-corrected chi connectivity index (χ2v) is 8.60. The summed E-state index contributed by atoms with van der Waals surface area (Å²) in [7, 11) is 2.02. The van der Waals surface area contributed by atoms with Crippen molar-refractivity contribution in [2.24, 2.45) is 7.05 Å². The lowest BCUT2D eigenvalue weighted by molar-refractivity contribution is -0.134. The fraction of sp³-hybridized carbons (Fsp3) is 0.550. The number of amides is 2. The highest BCUT2D eigenvalue weighted by atomic mass is 32.1. The van der Waals surface area contributed by atoms with E-state index < -0.39 is 0 Å². The summed E-state index contributed by atoms with van der Waals surface area (Å²) in [6.45, 7) is 7.47. The van der Waals surface area contributed by atoms with Crippen LogP contribution in [0.1, 0.15) is 15.5 Å². The van der Waals surface area contributed by atoms with Gasteiger partial charge in [0.1, 0.15) is 5.82 Å². The Morgan fingerprint density at radius 3 is 2.31 bits per heavy atom. The molecule has 4 heterocycles. The minimum absolute atomic E-state index is 0.0796. The SMILES string of the molecule is Cn1ccnc1CN1CCN(CC(=O)N2CCN(C(=O)c3cccs3)CC2)CC1. The highest BCUT2D eigenvalue weighted by Crippen LogP contribution is 2.14. The zero-order valence-corrected chi connectivity index (χ0v) is 17.7.